The summed E-state index contributed by atoms with van der Waals surface area (Å²) in [7, 11) is 0. The lowest BCUT2D eigenvalue weighted by atomic mass is 10.1. The van der Waals surface area contributed by atoms with Crippen molar-refractivity contribution in [3.63, 3.8) is 0 Å². The second kappa shape index (κ2) is 4.96. The van der Waals surface area contributed by atoms with Crippen molar-refractivity contribution < 1.29 is 14.3 Å². The van der Waals surface area contributed by atoms with E-state index in [9.17, 15) is 4.79 Å². The normalized spacial score (nSPS) is 17.3. The van der Waals surface area contributed by atoms with Gasteiger partial charge in [0.2, 0.25) is 0 Å². The van der Waals surface area contributed by atoms with Gasteiger partial charge in [0.15, 0.2) is 0 Å². The van der Waals surface area contributed by atoms with E-state index in [1.165, 1.54) is 0 Å². The van der Waals surface area contributed by atoms with Gasteiger partial charge in [-0.15, -0.1) is 0 Å². The lowest BCUT2D eigenvalue weighted by Gasteiger charge is -2.21. The Morgan fingerprint density at radius 1 is 1.53 bits per heavy atom. The first-order valence-electron chi connectivity index (χ1n) is 6.28. The average molecular weight is 261 g/mol. The first kappa shape index (κ1) is 13.5. The largest absolute Gasteiger partial charge is 0.491 e. The van der Waals surface area contributed by atoms with Crippen LogP contribution in [0.5, 0.6) is 5.75 Å². The van der Waals surface area contributed by atoms with E-state index in [1.807, 2.05) is 39.0 Å². The van der Waals surface area contributed by atoms with Crippen LogP contribution in [0.4, 0.5) is 4.79 Å². The molecule has 0 saturated heterocycles. The second-order valence-corrected chi connectivity index (χ2v) is 5.51. The molecule has 1 aromatic carbocycles. The summed E-state index contributed by atoms with van der Waals surface area (Å²) in [4.78, 5) is 11.7. The van der Waals surface area contributed by atoms with Crippen LogP contribution in [0.25, 0.3) is 6.08 Å². The molecular weight excluding hydrogens is 242 g/mol. The molecule has 0 aromatic heterocycles. The van der Waals surface area contributed by atoms with Crippen molar-refractivity contribution in [2.45, 2.75) is 32.4 Å². The van der Waals surface area contributed by atoms with E-state index in [0.29, 0.717) is 6.61 Å². The molecule has 0 aliphatic carbocycles. The van der Waals surface area contributed by atoms with Crippen molar-refractivity contribution in [3.8, 4) is 5.75 Å². The molecule has 4 heteroatoms. The molecule has 0 fully saturated rings. The predicted octanol–water partition coefficient (Wildman–Crippen LogP) is 3.29. The number of hydrogen-bond acceptors (Lipinski definition) is 3. The third kappa shape index (κ3) is 3.28. The van der Waals surface area contributed by atoms with Gasteiger partial charge in [-0.1, -0.05) is 24.8 Å². The van der Waals surface area contributed by atoms with Gasteiger partial charge in [-0.3, -0.25) is 0 Å². The number of rotatable bonds is 2. The zero-order valence-corrected chi connectivity index (χ0v) is 11.5. The highest BCUT2D eigenvalue weighted by Gasteiger charge is 2.27. The number of benzene rings is 1. The Balaban J connectivity index is 2.06. The third-order valence-corrected chi connectivity index (χ3v) is 2.75. The lowest BCUT2D eigenvalue weighted by Crippen LogP contribution is -2.35. The quantitative estimate of drug-likeness (QED) is 0.888. The Bertz CT molecular complexity index is 503. The number of fused-ring (bicyclic) bond motifs is 1. The molecule has 0 unspecified atom stereocenters. The van der Waals surface area contributed by atoms with Gasteiger partial charge in [0, 0.05) is 5.56 Å². The molecule has 1 aliphatic heterocycles. The number of alkyl carbamates (subject to hydrolysis) is 1. The first-order valence-corrected chi connectivity index (χ1v) is 6.28. The monoisotopic (exact) mass is 261 g/mol. The SMILES string of the molecule is C=Cc1ccc2c(c1)OC[C@@H]2NC(=O)OC(C)(C)C. The average Bonchev–Trinajstić information content (AvgIpc) is 2.69. The van der Waals surface area contributed by atoms with Crippen molar-refractivity contribution in [1.29, 1.82) is 0 Å². The number of hydrogen-bond donors (Lipinski definition) is 1. The highest BCUT2D eigenvalue weighted by atomic mass is 16.6. The summed E-state index contributed by atoms with van der Waals surface area (Å²) >= 11 is 0. The third-order valence-electron chi connectivity index (χ3n) is 2.75. The van der Waals surface area contributed by atoms with Gasteiger partial charge in [-0.25, -0.2) is 4.79 Å². The van der Waals surface area contributed by atoms with Crippen LogP contribution in [0.1, 0.15) is 37.9 Å². The van der Waals surface area contributed by atoms with Gasteiger partial charge < -0.3 is 14.8 Å². The van der Waals surface area contributed by atoms with Crippen molar-refractivity contribution in [2.24, 2.45) is 0 Å². The smallest absolute Gasteiger partial charge is 0.408 e. The van der Waals surface area contributed by atoms with E-state index in [2.05, 4.69) is 11.9 Å². The van der Waals surface area contributed by atoms with Gasteiger partial charge in [0.25, 0.3) is 0 Å². The predicted molar refractivity (Wildman–Crippen MR) is 74.1 cm³/mol. The molecule has 0 radical (unpaired) electrons. The van der Waals surface area contributed by atoms with Gasteiger partial charge in [-0.05, 0) is 32.4 Å². The topological polar surface area (TPSA) is 47.6 Å². The van der Waals surface area contributed by atoms with Gasteiger partial charge >= 0.3 is 6.09 Å². The van der Waals surface area contributed by atoms with Crippen molar-refractivity contribution in [3.05, 3.63) is 35.9 Å². The molecule has 0 saturated carbocycles. The summed E-state index contributed by atoms with van der Waals surface area (Å²) in [5.74, 6) is 0.790. The summed E-state index contributed by atoms with van der Waals surface area (Å²) < 4.78 is 10.8. The Hall–Kier alpha value is -1.97. The highest BCUT2D eigenvalue weighted by Crippen LogP contribution is 2.33. The fourth-order valence-corrected chi connectivity index (χ4v) is 1.92. The zero-order valence-electron chi connectivity index (χ0n) is 11.5. The number of ether oxygens (including phenoxy) is 2. The van der Waals surface area contributed by atoms with Crippen LogP contribution in [0.3, 0.4) is 0 Å². The van der Waals surface area contributed by atoms with Crippen LogP contribution >= 0.6 is 0 Å². The zero-order chi connectivity index (χ0) is 14.0. The molecule has 102 valence electrons. The van der Waals surface area contributed by atoms with Crippen LogP contribution < -0.4 is 10.1 Å². The van der Waals surface area contributed by atoms with Crippen molar-refractivity contribution in [2.75, 3.05) is 6.61 Å². The fourth-order valence-electron chi connectivity index (χ4n) is 1.92. The van der Waals surface area contributed by atoms with Crippen LogP contribution in [0, 0.1) is 0 Å². The number of nitrogens with one attached hydrogen (secondary N) is 1. The van der Waals surface area contributed by atoms with Gasteiger partial charge in [0.05, 0.1) is 6.04 Å². The van der Waals surface area contributed by atoms with Gasteiger partial charge in [-0.2, -0.15) is 0 Å². The minimum Gasteiger partial charge on any atom is -0.491 e. The fraction of sp³-hybridized carbons (Fsp3) is 0.400. The maximum atomic E-state index is 11.7. The Morgan fingerprint density at radius 2 is 2.26 bits per heavy atom. The molecule has 1 N–H and O–H groups in total. The summed E-state index contributed by atoms with van der Waals surface area (Å²) in [6.45, 7) is 9.65. The first-order chi connectivity index (χ1) is 8.89. The Morgan fingerprint density at radius 3 is 2.89 bits per heavy atom. The minimum absolute atomic E-state index is 0.163. The molecule has 1 amide bonds. The molecule has 0 spiro atoms. The van der Waals surface area contributed by atoms with Crippen LogP contribution in [0.15, 0.2) is 24.8 Å². The molecule has 1 atom stereocenters. The molecule has 1 heterocycles. The number of carbonyl (C=O) groups is 1. The number of carbonyl (C=O) groups excluding carboxylic acids is 1. The van der Waals surface area contributed by atoms with Gasteiger partial charge in [0.1, 0.15) is 18.0 Å². The van der Waals surface area contributed by atoms with Crippen LogP contribution in [0.2, 0.25) is 0 Å². The number of amides is 1. The van der Waals surface area contributed by atoms with E-state index < -0.39 is 11.7 Å². The van der Waals surface area contributed by atoms with Crippen molar-refractivity contribution in [1.82, 2.24) is 5.32 Å². The van der Waals surface area contributed by atoms with Crippen LogP contribution in [-0.4, -0.2) is 18.3 Å². The maximum absolute atomic E-state index is 11.7. The standard InChI is InChI=1S/C15H19NO3/c1-5-10-6-7-11-12(9-18-13(11)8-10)16-14(17)19-15(2,3)4/h5-8,12H,1,9H2,2-4H3,(H,16,17)/t12-/m0/s1. The molecule has 19 heavy (non-hydrogen) atoms. The summed E-state index contributed by atoms with van der Waals surface area (Å²) in [6, 6.07) is 5.65. The maximum Gasteiger partial charge on any atom is 0.408 e. The molecule has 2 rings (SSSR count). The molecular formula is C15H19NO3. The van der Waals surface area contributed by atoms with Crippen molar-refractivity contribution >= 4 is 12.2 Å². The molecule has 1 aliphatic rings. The molecule has 0 bridgehead atoms. The lowest BCUT2D eigenvalue weighted by molar-refractivity contribution is 0.0497. The minimum atomic E-state index is -0.501. The van der Waals surface area contributed by atoms with Crippen LogP contribution in [-0.2, 0) is 4.74 Å². The summed E-state index contributed by atoms with van der Waals surface area (Å²) in [5, 5.41) is 2.82. The van der Waals surface area contributed by atoms with E-state index in [1.54, 1.807) is 6.08 Å². The Kier molecular flexibility index (Phi) is 3.51. The Labute approximate surface area is 113 Å². The van der Waals surface area contributed by atoms with E-state index in [0.717, 1.165) is 16.9 Å². The molecule has 1 aromatic rings. The second-order valence-electron chi connectivity index (χ2n) is 5.51. The molecule has 4 nitrogen and oxygen atoms in total. The van der Waals surface area contributed by atoms with E-state index in [4.69, 9.17) is 9.47 Å². The van der Waals surface area contributed by atoms with E-state index >= 15 is 0 Å². The summed E-state index contributed by atoms with van der Waals surface area (Å²) in [5.41, 5.74) is 1.46. The summed E-state index contributed by atoms with van der Waals surface area (Å²) in [6.07, 6.45) is 1.33. The van der Waals surface area contributed by atoms with E-state index in [-0.39, 0.29) is 6.04 Å². The highest BCUT2D eigenvalue weighted by molar-refractivity contribution is 5.69.